The number of carbonyl (C=O) groups excluding carboxylic acids is 16. The van der Waals surface area contributed by atoms with Crippen molar-refractivity contribution in [1.82, 2.24) is 72.8 Å². The van der Waals surface area contributed by atoms with E-state index in [1.807, 2.05) is 5.32 Å². The molecule has 634 valence electrons. The summed E-state index contributed by atoms with van der Waals surface area (Å²) in [5.74, 6) is -16.4. The van der Waals surface area contributed by atoms with Gasteiger partial charge in [0.05, 0.1) is 37.0 Å². The largest absolute Gasteiger partial charge is 3.00 e. The fourth-order valence-electron chi connectivity index (χ4n) is 12.5. The minimum absolute atomic E-state index is 0. The van der Waals surface area contributed by atoms with Gasteiger partial charge in [0.15, 0.2) is 0 Å². The van der Waals surface area contributed by atoms with E-state index in [2.05, 4.69) is 58.5 Å². The number of urea groups is 2. The smallest absolute Gasteiger partial charge is 0.549 e. The Kier molecular flexibility index (Phi) is 39.9. The van der Waals surface area contributed by atoms with Crippen LogP contribution in [0.2, 0.25) is 5.02 Å². The number of unbranched alkanes of at least 4 members (excludes halogenated alkanes) is 1. The molecule has 7 rings (SSSR count). The Bertz CT molecular complexity index is 4140. The summed E-state index contributed by atoms with van der Waals surface area (Å²) in [6, 6.07) is 6.49. The van der Waals surface area contributed by atoms with Gasteiger partial charge in [-0.05, 0) is 104 Å². The van der Waals surface area contributed by atoms with Crippen LogP contribution >= 0.6 is 33.2 Å². The number of phenols is 1. The Hall–Kier alpha value is -10.1. The fourth-order valence-corrected chi connectivity index (χ4v) is 14.9. The molecule has 0 saturated carbocycles. The van der Waals surface area contributed by atoms with Gasteiger partial charge in [0.2, 0.25) is 65.0 Å². The van der Waals surface area contributed by atoms with E-state index in [0.29, 0.717) is 23.1 Å². The van der Waals surface area contributed by atoms with Gasteiger partial charge >= 0.3 is 44.8 Å². The summed E-state index contributed by atoms with van der Waals surface area (Å²) in [6.45, 7) is -1.35. The average molecular weight is 1780 g/mol. The number of aliphatic carboxylic acids is 3. The number of rotatable bonds is 30. The van der Waals surface area contributed by atoms with E-state index in [0.717, 1.165) is 28.5 Å². The van der Waals surface area contributed by atoms with Crippen LogP contribution in [0.3, 0.4) is 0 Å². The third-order valence-corrected chi connectivity index (χ3v) is 21.4. The first-order valence-electron chi connectivity index (χ1n) is 37.2. The number of aliphatic hydroxyl groups excluding tert-OH is 1. The monoisotopic (exact) mass is 1770 g/mol. The topological polar surface area (TPSA) is 618 Å². The number of primary amides is 2. The molecule has 0 aromatic heterocycles. The molecule has 3 fully saturated rings. The summed E-state index contributed by atoms with van der Waals surface area (Å²) in [5, 5.41) is 87.7. The van der Waals surface area contributed by atoms with Gasteiger partial charge in [-0.25, -0.2) is 9.59 Å². The molecule has 3 heterocycles. The van der Waals surface area contributed by atoms with Gasteiger partial charge in [0.25, 0.3) is 0 Å². The van der Waals surface area contributed by atoms with Gasteiger partial charge < -0.3 is 116 Å². The van der Waals surface area contributed by atoms with E-state index >= 15 is 19.2 Å². The van der Waals surface area contributed by atoms with Crippen molar-refractivity contribution < 1.29 is 135 Å². The van der Waals surface area contributed by atoms with Crippen LogP contribution in [0, 0.1) is 0 Å². The molecule has 3 saturated heterocycles. The Morgan fingerprint density at radius 1 is 0.534 bits per heavy atom. The quantitative estimate of drug-likeness (QED) is 0.0170. The summed E-state index contributed by atoms with van der Waals surface area (Å²) in [6.07, 6.45) is -3.23. The molecule has 1 unspecified atom stereocenters. The SMILES string of the molecule is C[C@@H](O)[C@@H]1NC(=O)[C@H](CCCCN)NC(=O)[C@@H](Cc2ccc(NC(N)=O)cc2)NC(=O)[C@H](Cc2ccc(NC(=O)C3CC(=O)NC(=O)N3)cc2)NC(=O)[C@H](NC(=O)[C@H](Cc2ccc(Cl)cc2)NC(=O)CN2CCN(CC(=O)[O-])CCN(CC(=O)[O-])CCN(CC(=O)[O-])CC2)CSSC[C@@H](C(=O)N[C@H](Cc2ccc(O)cc2)C(N)=O)NC1=O.[90Y+3]. The molecular formula is C74H95ClN19O21S2Y. The van der Waals surface area contributed by atoms with Gasteiger partial charge in [-0.2, -0.15) is 0 Å². The van der Waals surface area contributed by atoms with E-state index < -0.39 is 212 Å². The Balaban J connectivity index is 0.0000216. The summed E-state index contributed by atoms with van der Waals surface area (Å²) in [5.41, 5.74) is 18.8. The zero-order valence-electron chi connectivity index (χ0n) is 64.2. The van der Waals surface area contributed by atoms with Gasteiger partial charge in [-0.15, -0.1) is 0 Å². The number of nitrogens with zero attached hydrogens (tertiary/aromatic N) is 4. The minimum atomic E-state index is -1.90. The van der Waals surface area contributed by atoms with Crippen molar-refractivity contribution in [2.24, 2.45) is 17.2 Å². The van der Waals surface area contributed by atoms with Crippen LogP contribution < -0.4 is 96.3 Å². The van der Waals surface area contributed by atoms with E-state index in [-0.39, 0.29) is 145 Å². The van der Waals surface area contributed by atoms with Crippen LogP contribution in [0.25, 0.3) is 0 Å². The van der Waals surface area contributed by atoms with Crippen molar-refractivity contribution in [3.8, 4) is 5.75 Å². The zero-order valence-corrected chi connectivity index (χ0v) is 69.4. The van der Waals surface area contributed by atoms with E-state index in [1.165, 1.54) is 99.6 Å². The van der Waals surface area contributed by atoms with Crippen molar-refractivity contribution in [2.45, 2.75) is 119 Å². The van der Waals surface area contributed by atoms with Crippen LogP contribution in [0.1, 0.15) is 54.9 Å². The predicted molar refractivity (Wildman–Crippen MR) is 419 cm³/mol. The van der Waals surface area contributed by atoms with Crippen molar-refractivity contribution in [3.05, 3.63) is 124 Å². The van der Waals surface area contributed by atoms with Crippen LogP contribution in [-0.4, -0.2) is 282 Å². The molecule has 3 aliphatic rings. The first-order chi connectivity index (χ1) is 55.6. The molecule has 10 atom stereocenters. The summed E-state index contributed by atoms with van der Waals surface area (Å²) in [7, 11) is 1.61. The van der Waals surface area contributed by atoms with Gasteiger partial charge in [0, 0.05) is 126 Å². The number of benzene rings is 4. The molecule has 0 spiro atoms. The van der Waals surface area contributed by atoms with Gasteiger partial charge in [0.1, 0.15) is 60.1 Å². The van der Waals surface area contributed by atoms with Crippen LogP contribution in [-0.2, 0) is 126 Å². The summed E-state index contributed by atoms with van der Waals surface area (Å²) >= 11 is 6.31. The number of imide groups is 1. The van der Waals surface area contributed by atoms with Crippen LogP contribution in [0.5, 0.6) is 5.75 Å². The number of carboxylic acid groups (broad SMARTS) is 3. The van der Waals surface area contributed by atoms with Crippen molar-refractivity contribution in [3.63, 3.8) is 0 Å². The third-order valence-electron chi connectivity index (χ3n) is 18.7. The Labute approximate surface area is 715 Å². The van der Waals surface area contributed by atoms with Crippen molar-refractivity contribution in [1.29, 1.82) is 0 Å². The first-order valence-corrected chi connectivity index (χ1v) is 40.0. The molecule has 0 bridgehead atoms. The number of nitrogens with two attached hydrogens (primary N) is 3. The normalized spacial score (nSPS) is 21.1. The number of hydrogen-bond acceptors (Lipinski definition) is 28. The number of amides is 15. The number of aliphatic hydroxyl groups is 1. The summed E-state index contributed by atoms with van der Waals surface area (Å²) < 4.78 is 0. The van der Waals surface area contributed by atoms with E-state index in [1.54, 1.807) is 17.0 Å². The summed E-state index contributed by atoms with van der Waals surface area (Å²) in [4.78, 5) is 225. The van der Waals surface area contributed by atoms with Crippen LogP contribution in [0.4, 0.5) is 21.0 Å². The number of anilines is 2. The number of aromatic hydroxyl groups is 1. The number of carboxylic acids is 3. The van der Waals surface area contributed by atoms with Crippen LogP contribution in [0.15, 0.2) is 97.1 Å². The average Bonchev–Trinajstić information content (AvgIpc) is 0.782. The predicted octanol–water partition coefficient (Wildman–Crippen LogP) is -7.92. The van der Waals surface area contributed by atoms with E-state index in [9.17, 15) is 83.1 Å². The molecular weight excluding hydrogens is 1680 g/mol. The molecule has 4 aromatic rings. The van der Waals surface area contributed by atoms with Crippen molar-refractivity contribution in [2.75, 3.05) is 107 Å². The Morgan fingerprint density at radius 2 is 0.992 bits per heavy atom. The molecule has 0 radical (unpaired) electrons. The minimum Gasteiger partial charge on any atom is -0.549 e. The first kappa shape index (κ1) is 96.7. The standard InChI is InChI=1S/C74H98ClN19O21S2.Y/c1-41(95)63-72(113)87-57(70(111)83-51(64(77)105)30-45-11-19-49(96)20-12-45)40-117-116-39-56(86-67(108)52(31-42-5-13-46(75)14-6-42)81-59(98)35-91-22-24-92(36-60(99)100)26-28-94(38-62(103)104)29-27-93(25-23-91)37-61(101)102)71(112)85-54(33-43-7-15-47(16-8-43)79-66(107)55-34-58(97)89-74(115)88-55)69(110)84-53(32-44-9-17-48(18-10-44)80-73(78)114)68(109)82-50(65(106)90-63)4-2-3-21-76;/h5-20,41,50-57,63,95-96H,2-4,21-40,76H2,1H3,(H2,77,105)(H,79,107)(H,81,98)(H,82,109)(H,83,111)(H,84,110)(H,85,112)(H,86,108)(H,87,113)(H,90,106)(H,99,100)(H,101,102)(H,103,104)(H3,78,80,114)(H2,88,89,97,115);/q;+3/p-3/t41-,50+,51-,52+,53-,54+,55?,56-,57+,63+;/m1./s1/i;1+1. The maximum absolute atomic E-state index is 15.6. The second kappa shape index (κ2) is 48.7. The number of carbonyl (C=O) groups is 16. The second-order valence-electron chi connectivity index (χ2n) is 28.0. The number of nitrogens with one attached hydrogen (secondary N) is 12. The number of halogens is 1. The third kappa shape index (κ3) is 33.7. The molecule has 4 aromatic carbocycles. The van der Waals surface area contributed by atoms with E-state index in [4.69, 9.17) is 28.8 Å². The number of phenolic OH excluding ortho intramolecular Hbond substituents is 1. The molecule has 3 aliphatic heterocycles. The molecule has 20 N–H and O–H groups in total. The molecule has 0 aliphatic carbocycles. The van der Waals surface area contributed by atoms with Crippen molar-refractivity contribution >= 4 is 140 Å². The maximum Gasteiger partial charge on any atom is 3.00 e. The number of hydrogen-bond donors (Lipinski definition) is 17. The Morgan fingerprint density at radius 3 is 1.47 bits per heavy atom. The fraction of sp³-hybridized carbons (Fsp3) is 0.459. The van der Waals surface area contributed by atoms with Gasteiger partial charge in [-0.3, -0.25) is 77.7 Å². The zero-order chi connectivity index (χ0) is 85.4. The molecule has 15 amide bonds. The maximum atomic E-state index is 15.6. The molecule has 118 heavy (non-hydrogen) atoms. The van der Waals surface area contributed by atoms with Gasteiger partial charge in [-0.1, -0.05) is 81.7 Å². The second-order valence-corrected chi connectivity index (χ2v) is 30.9. The molecule has 40 nitrogen and oxygen atoms in total. The molecule has 44 heteroatoms.